The number of halogens is 3. The van der Waals surface area contributed by atoms with Gasteiger partial charge in [0, 0.05) is 36.3 Å². The summed E-state index contributed by atoms with van der Waals surface area (Å²) in [6, 6.07) is 4.90. The van der Waals surface area contributed by atoms with E-state index in [0.717, 1.165) is 73.9 Å². The minimum atomic E-state index is -4.53. The van der Waals surface area contributed by atoms with Gasteiger partial charge >= 0.3 is 12.2 Å². The van der Waals surface area contributed by atoms with Crippen LogP contribution in [0.25, 0.3) is 0 Å². The van der Waals surface area contributed by atoms with Crippen LogP contribution >= 0.6 is 0 Å². The highest BCUT2D eigenvalue weighted by molar-refractivity contribution is 5.91. The summed E-state index contributed by atoms with van der Waals surface area (Å²) in [6.45, 7) is 5.80. The molecule has 276 valence electrons. The normalized spacial score (nSPS) is 31.7. The van der Waals surface area contributed by atoms with Crippen LogP contribution in [0.1, 0.15) is 103 Å². The third kappa shape index (κ3) is 9.31. The van der Waals surface area contributed by atoms with Crippen LogP contribution in [0.2, 0.25) is 0 Å². The van der Waals surface area contributed by atoms with Crippen molar-refractivity contribution in [3.8, 4) is 0 Å². The van der Waals surface area contributed by atoms with Crippen LogP contribution in [0.3, 0.4) is 0 Å². The molecule has 3 unspecified atom stereocenters. The van der Waals surface area contributed by atoms with Crippen molar-refractivity contribution in [3.05, 3.63) is 29.8 Å². The first-order chi connectivity index (χ1) is 23.2. The van der Waals surface area contributed by atoms with Crippen molar-refractivity contribution in [1.82, 2.24) is 10.2 Å². The number of nitrogens with two attached hydrogens (primary N) is 3. The maximum atomic E-state index is 13.0. The number of para-hydroxylation sites is 1. The van der Waals surface area contributed by atoms with Gasteiger partial charge in [-0.15, -0.1) is 0 Å². The van der Waals surface area contributed by atoms with Gasteiger partial charge in [-0.25, -0.2) is 4.79 Å². The van der Waals surface area contributed by atoms with Crippen LogP contribution in [0.15, 0.2) is 24.3 Å². The van der Waals surface area contributed by atoms with E-state index in [2.05, 4.69) is 17.6 Å². The Balaban J connectivity index is 0.000000141. The largest absolute Gasteiger partial charge is 0.418 e. The summed E-state index contributed by atoms with van der Waals surface area (Å²) in [5, 5.41) is 15.9. The number of hydrogen-bond acceptors (Lipinski definition) is 6. The fraction of sp³-hybridized carbons (Fsp3) is 0.816. The minimum Gasteiger partial charge on any atom is -0.394 e. The second-order valence-corrected chi connectivity index (χ2v) is 17.3. The number of benzene rings is 1. The molecule has 1 aromatic carbocycles. The number of aliphatic hydroxyl groups is 1. The summed E-state index contributed by atoms with van der Waals surface area (Å²) < 4.78 is 39.1. The molecule has 0 heterocycles. The van der Waals surface area contributed by atoms with E-state index in [4.69, 9.17) is 17.2 Å². The molecule has 0 aliphatic heterocycles. The maximum Gasteiger partial charge on any atom is 0.418 e. The van der Waals surface area contributed by atoms with Crippen molar-refractivity contribution in [2.75, 3.05) is 25.0 Å². The molecule has 11 heteroatoms. The number of amides is 2. The van der Waals surface area contributed by atoms with Crippen LogP contribution in [-0.2, 0) is 6.18 Å². The van der Waals surface area contributed by atoms with Crippen molar-refractivity contribution in [1.29, 1.82) is 0 Å². The monoisotopic (exact) mass is 690 g/mol. The van der Waals surface area contributed by atoms with Gasteiger partial charge in [-0.3, -0.25) is 0 Å². The zero-order valence-corrected chi connectivity index (χ0v) is 29.6. The first-order valence-corrected chi connectivity index (χ1v) is 19.1. The van der Waals surface area contributed by atoms with Gasteiger partial charge < -0.3 is 37.8 Å². The van der Waals surface area contributed by atoms with Crippen LogP contribution in [0.5, 0.6) is 0 Å². The lowest BCUT2D eigenvalue weighted by atomic mass is 9.54. The average Bonchev–Trinajstić information content (AvgIpc) is 3.87. The molecule has 0 spiro atoms. The van der Waals surface area contributed by atoms with Gasteiger partial charge in [0.15, 0.2) is 0 Å². The van der Waals surface area contributed by atoms with Crippen molar-refractivity contribution >= 4 is 11.7 Å². The number of nitrogens with one attached hydrogen (secondary N) is 2. The Hall–Kier alpha value is -1.92. The number of aliphatic hydroxyl groups excluding tert-OH is 1. The average molecular weight is 691 g/mol. The molecule has 8 fully saturated rings. The maximum absolute atomic E-state index is 13.0. The molecule has 2 amide bonds. The summed E-state index contributed by atoms with van der Waals surface area (Å²) in [7, 11) is 0. The molecule has 9 rings (SSSR count). The number of carbonyl (C=O) groups is 1. The Labute approximate surface area is 290 Å². The van der Waals surface area contributed by atoms with Gasteiger partial charge in [0.05, 0.1) is 23.9 Å². The zero-order valence-electron chi connectivity index (χ0n) is 29.6. The highest BCUT2D eigenvalue weighted by Gasteiger charge is 2.49. The Morgan fingerprint density at radius 2 is 1.43 bits per heavy atom. The number of hydrogen-bond donors (Lipinski definition) is 6. The smallest absolute Gasteiger partial charge is 0.394 e. The van der Waals surface area contributed by atoms with Gasteiger partial charge in [0.25, 0.3) is 0 Å². The molecule has 9 N–H and O–H groups in total. The second kappa shape index (κ2) is 14.6. The molecule has 8 aliphatic carbocycles. The highest BCUT2D eigenvalue weighted by Crippen LogP contribution is 2.54. The Bertz CT molecular complexity index is 1250. The van der Waals surface area contributed by atoms with Gasteiger partial charge in [-0.2, -0.15) is 13.2 Å². The first kappa shape index (κ1) is 36.9. The first-order valence-electron chi connectivity index (χ1n) is 19.1. The third-order valence-electron chi connectivity index (χ3n) is 12.8. The summed E-state index contributed by atoms with van der Waals surface area (Å²) in [4.78, 5) is 14.1. The van der Waals surface area contributed by atoms with Crippen LogP contribution < -0.4 is 27.8 Å². The van der Waals surface area contributed by atoms with E-state index >= 15 is 0 Å². The Morgan fingerprint density at radius 1 is 0.878 bits per heavy atom. The van der Waals surface area contributed by atoms with Crippen LogP contribution in [0.4, 0.5) is 23.7 Å². The Kier molecular flexibility index (Phi) is 11.0. The zero-order chi connectivity index (χ0) is 35.1. The van der Waals surface area contributed by atoms with Gasteiger partial charge in [0.1, 0.15) is 0 Å². The number of urea groups is 1. The topological polar surface area (TPSA) is 143 Å². The van der Waals surface area contributed by atoms with Gasteiger partial charge in [-0.1, -0.05) is 12.1 Å². The number of carbonyl (C=O) groups excluding carboxylic acids is 1. The van der Waals surface area contributed by atoms with E-state index in [1.807, 2.05) is 6.92 Å². The van der Waals surface area contributed by atoms with Crippen molar-refractivity contribution in [3.63, 3.8) is 0 Å². The molecular formula is C38H61F3N6O2. The van der Waals surface area contributed by atoms with E-state index in [1.54, 1.807) is 11.3 Å². The van der Waals surface area contributed by atoms with Crippen molar-refractivity contribution in [2.45, 2.75) is 133 Å². The molecule has 0 aromatic heterocycles. The summed E-state index contributed by atoms with van der Waals surface area (Å²) in [6.07, 6.45) is 11.9. The third-order valence-corrected chi connectivity index (χ3v) is 12.8. The van der Waals surface area contributed by atoms with Gasteiger partial charge in [0.2, 0.25) is 0 Å². The lowest BCUT2D eigenvalue weighted by Crippen LogP contribution is -2.58. The fourth-order valence-corrected chi connectivity index (χ4v) is 9.30. The van der Waals surface area contributed by atoms with E-state index < -0.39 is 17.8 Å². The fourth-order valence-electron chi connectivity index (χ4n) is 9.30. The van der Waals surface area contributed by atoms with Gasteiger partial charge in [-0.05, 0) is 151 Å². The van der Waals surface area contributed by atoms with E-state index in [9.17, 15) is 23.1 Å². The number of anilines is 1. The predicted octanol–water partition coefficient (Wildman–Crippen LogP) is 6.07. The van der Waals surface area contributed by atoms with Crippen molar-refractivity contribution < 1.29 is 23.1 Å². The van der Waals surface area contributed by atoms with E-state index in [-0.39, 0.29) is 41.4 Å². The molecule has 8 saturated carbocycles. The minimum absolute atomic E-state index is 0.0193. The lowest BCUT2D eigenvalue weighted by Gasteiger charge is -2.55. The molecule has 0 radical (unpaired) electrons. The summed E-state index contributed by atoms with van der Waals surface area (Å²) in [5.41, 5.74) is 16.6. The van der Waals surface area contributed by atoms with Crippen LogP contribution in [0, 0.1) is 41.4 Å². The van der Waals surface area contributed by atoms with Crippen molar-refractivity contribution in [2.24, 2.45) is 58.6 Å². The SMILES string of the molecule is CC(N)(CN)C1CC1.CC(N)(CNC1C2CC3CC(C2)CC1C3)C1CC1.O=C(Nc1ccccc1C(F)(F)F)N(C1CC1)C(CO)C1CC1. The van der Waals surface area contributed by atoms with Crippen LogP contribution in [-0.4, -0.2) is 64.9 Å². The standard InChI is InChI=1S/C16H19F3N2O2.C16H28N2.C6H14N2/c17-16(18,19)12-3-1-2-4-13(12)20-15(23)21(11-7-8-11)14(9-22)10-5-6-10;1-16(17,14-2-3-14)9-18-15-12-5-10-4-11(7-12)8-13(15)6-10;1-6(8,4-7)5-2-3-5/h1-4,10-11,14,22H,5-9H2,(H,20,23);10-15,18H,2-9,17H2,1H3;5H,2-4,7-8H2,1H3. The molecule has 8 aliphatic rings. The molecular weight excluding hydrogens is 629 g/mol. The summed E-state index contributed by atoms with van der Waals surface area (Å²) >= 11 is 0. The Morgan fingerprint density at radius 3 is 1.88 bits per heavy atom. The second-order valence-electron chi connectivity index (χ2n) is 17.3. The highest BCUT2D eigenvalue weighted by atomic mass is 19.4. The molecule has 0 saturated heterocycles. The number of alkyl halides is 3. The summed E-state index contributed by atoms with van der Waals surface area (Å²) in [5.74, 6) is 5.89. The number of rotatable bonds is 11. The lowest BCUT2D eigenvalue weighted by molar-refractivity contribution is -0.136. The molecule has 49 heavy (non-hydrogen) atoms. The quantitative estimate of drug-likeness (QED) is 0.166. The molecule has 4 bridgehead atoms. The van der Waals surface area contributed by atoms with E-state index in [1.165, 1.54) is 69.6 Å². The molecule has 1 aromatic rings. The number of nitrogens with zero attached hydrogens (tertiary/aromatic N) is 1. The van der Waals surface area contributed by atoms with E-state index in [0.29, 0.717) is 12.5 Å². The predicted molar refractivity (Wildman–Crippen MR) is 187 cm³/mol. The molecule has 8 nitrogen and oxygen atoms in total. The molecule has 3 atom stereocenters.